The van der Waals surface area contributed by atoms with Gasteiger partial charge < -0.3 is 4.98 Å². The van der Waals surface area contributed by atoms with Gasteiger partial charge in [0.25, 0.3) is 0 Å². The molecule has 2 rings (SSSR count). The highest BCUT2D eigenvalue weighted by Crippen LogP contribution is 2.21. The maximum Gasteiger partial charge on any atom is 0.132 e. The fourth-order valence-electron chi connectivity index (χ4n) is 1.71. The molecule has 0 spiro atoms. The topological polar surface area (TPSA) is 28.7 Å². The van der Waals surface area contributed by atoms with Crippen molar-refractivity contribution in [3.8, 4) is 11.3 Å². The number of nitrogens with zero attached hydrogens (tertiary/aromatic N) is 1. The number of aromatic amines is 1. The summed E-state index contributed by atoms with van der Waals surface area (Å²) in [5.74, 6) is 0. The lowest BCUT2D eigenvalue weighted by atomic mass is 10.0. The van der Waals surface area contributed by atoms with Crippen molar-refractivity contribution >= 4 is 12.2 Å². The Kier molecular flexibility index (Phi) is 3.15. The van der Waals surface area contributed by atoms with Crippen molar-refractivity contribution in [1.82, 2.24) is 9.97 Å². The van der Waals surface area contributed by atoms with Crippen molar-refractivity contribution in [3.63, 3.8) is 0 Å². The van der Waals surface area contributed by atoms with Gasteiger partial charge in [0.15, 0.2) is 0 Å². The first kappa shape index (κ1) is 11.0. The maximum atomic E-state index is 5.17. The number of benzene rings is 1. The third-order valence-electron chi connectivity index (χ3n) is 2.71. The van der Waals surface area contributed by atoms with Gasteiger partial charge in [0.05, 0.1) is 12.0 Å². The molecule has 0 saturated carbocycles. The van der Waals surface area contributed by atoms with Crippen molar-refractivity contribution in [2.45, 2.75) is 20.3 Å². The van der Waals surface area contributed by atoms with Gasteiger partial charge in [-0.2, -0.15) is 0 Å². The smallest absolute Gasteiger partial charge is 0.132 e. The van der Waals surface area contributed by atoms with E-state index in [0.29, 0.717) is 4.64 Å². The summed E-state index contributed by atoms with van der Waals surface area (Å²) in [7, 11) is 0. The molecule has 0 bridgehead atoms. The molecule has 0 aliphatic carbocycles. The summed E-state index contributed by atoms with van der Waals surface area (Å²) in [5.41, 5.74) is 4.60. The summed E-state index contributed by atoms with van der Waals surface area (Å²) in [6.07, 6.45) is 2.70. The number of aromatic nitrogens is 2. The van der Waals surface area contributed by atoms with E-state index < -0.39 is 0 Å². The molecule has 0 aliphatic rings. The Morgan fingerprint density at radius 1 is 1.38 bits per heavy atom. The highest BCUT2D eigenvalue weighted by Gasteiger charge is 2.03. The highest BCUT2D eigenvalue weighted by atomic mass is 32.1. The van der Waals surface area contributed by atoms with E-state index >= 15 is 0 Å². The predicted molar refractivity (Wildman–Crippen MR) is 69.0 cm³/mol. The monoisotopic (exact) mass is 230 g/mol. The molecule has 1 N–H and O–H groups in total. The number of rotatable bonds is 2. The van der Waals surface area contributed by atoms with Crippen LogP contribution in [0.4, 0.5) is 0 Å². The normalized spacial score (nSPS) is 10.4. The van der Waals surface area contributed by atoms with E-state index in [1.807, 2.05) is 6.92 Å². The fourth-order valence-corrected chi connectivity index (χ4v) is 1.87. The third-order valence-corrected chi connectivity index (χ3v) is 3.12. The zero-order valence-corrected chi connectivity index (χ0v) is 10.3. The van der Waals surface area contributed by atoms with E-state index in [-0.39, 0.29) is 0 Å². The van der Waals surface area contributed by atoms with E-state index in [2.05, 4.69) is 41.2 Å². The molecule has 1 heterocycles. The summed E-state index contributed by atoms with van der Waals surface area (Å²) < 4.78 is 0.663. The Hall–Kier alpha value is -1.48. The van der Waals surface area contributed by atoms with Gasteiger partial charge in [0, 0.05) is 5.56 Å². The number of aryl methyl sites for hydroxylation is 1. The van der Waals surface area contributed by atoms with E-state index in [1.54, 1.807) is 6.33 Å². The van der Waals surface area contributed by atoms with Crippen LogP contribution >= 0.6 is 12.2 Å². The first-order valence-corrected chi connectivity index (χ1v) is 5.76. The van der Waals surface area contributed by atoms with Crippen LogP contribution in [-0.4, -0.2) is 9.97 Å². The van der Waals surface area contributed by atoms with Gasteiger partial charge in [0.2, 0.25) is 0 Å². The summed E-state index contributed by atoms with van der Waals surface area (Å²) in [4.78, 5) is 7.23. The van der Waals surface area contributed by atoms with Crippen LogP contribution in [-0.2, 0) is 6.42 Å². The summed E-state index contributed by atoms with van der Waals surface area (Å²) in [6, 6.07) is 8.49. The molecular weight excluding hydrogens is 216 g/mol. The highest BCUT2D eigenvalue weighted by molar-refractivity contribution is 7.71. The Labute approximate surface area is 100 Å². The SMILES string of the molecule is CCc1cccc(-c2[nH]cnc(=S)c2C)c1. The second-order valence-corrected chi connectivity index (χ2v) is 4.15. The van der Waals surface area contributed by atoms with Gasteiger partial charge >= 0.3 is 0 Å². The number of nitrogens with one attached hydrogen (secondary N) is 1. The molecule has 0 unspecified atom stereocenters. The minimum absolute atomic E-state index is 0.663. The Morgan fingerprint density at radius 2 is 2.19 bits per heavy atom. The standard InChI is InChI=1S/C13H14N2S/c1-3-10-5-4-6-11(7-10)12-9(2)13(16)15-8-14-12/h4-8H,3H2,1-2H3,(H,14,15,16). The van der Waals surface area contributed by atoms with Crippen LogP contribution in [0.1, 0.15) is 18.1 Å². The maximum absolute atomic E-state index is 5.17. The molecule has 1 aromatic carbocycles. The van der Waals surface area contributed by atoms with Crippen LogP contribution in [0.3, 0.4) is 0 Å². The van der Waals surface area contributed by atoms with E-state index in [0.717, 1.165) is 17.7 Å². The molecule has 82 valence electrons. The molecule has 1 aromatic heterocycles. The number of H-pyrrole nitrogens is 1. The quantitative estimate of drug-likeness (QED) is 0.797. The van der Waals surface area contributed by atoms with Gasteiger partial charge in [-0.15, -0.1) is 0 Å². The van der Waals surface area contributed by atoms with Gasteiger partial charge in [-0.05, 0) is 30.5 Å². The second kappa shape index (κ2) is 4.58. The Bertz CT molecular complexity index is 558. The van der Waals surface area contributed by atoms with Crippen molar-refractivity contribution in [3.05, 3.63) is 46.4 Å². The molecule has 0 saturated heterocycles. The molecule has 3 heteroatoms. The molecule has 0 radical (unpaired) electrons. The minimum atomic E-state index is 0.663. The van der Waals surface area contributed by atoms with Crippen molar-refractivity contribution in [1.29, 1.82) is 0 Å². The summed E-state index contributed by atoms with van der Waals surface area (Å²) in [6.45, 7) is 4.15. The summed E-state index contributed by atoms with van der Waals surface area (Å²) in [5, 5.41) is 0. The molecule has 0 atom stereocenters. The van der Waals surface area contributed by atoms with Crippen molar-refractivity contribution in [2.24, 2.45) is 0 Å². The second-order valence-electron chi connectivity index (χ2n) is 3.76. The van der Waals surface area contributed by atoms with Crippen LogP contribution in [0.15, 0.2) is 30.6 Å². The molecule has 2 aromatic rings. The van der Waals surface area contributed by atoms with E-state index in [9.17, 15) is 0 Å². The van der Waals surface area contributed by atoms with Crippen LogP contribution in [0, 0.1) is 11.6 Å². The van der Waals surface area contributed by atoms with Crippen molar-refractivity contribution in [2.75, 3.05) is 0 Å². The molecular formula is C13H14N2S. The average Bonchev–Trinajstić information content (AvgIpc) is 2.33. The van der Waals surface area contributed by atoms with Crippen LogP contribution in [0.2, 0.25) is 0 Å². The predicted octanol–water partition coefficient (Wildman–Crippen LogP) is 3.68. The molecule has 16 heavy (non-hydrogen) atoms. The average molecular weight is 230 g/mol. The Morgan fingerprint density at radius 3 is 2.94 bits per heavy atom. The van der Waals surface area contributed by atoms with Crippen molar-refractivity contribution < 1.29 is 0 Å². The summed E-state index contributed by atoms with van der Waals surface area (Å²) >= 11 is 5.17. The molecule has 2 nitrogen and oxygen atoms in total. The zero-order valence-electron chi connectivity index (χ0n) is 9.45. The van der Waals surface area contributed by atoms with Crippen LogP contribution in [0.25, 0.3) is 11.3 Å². The first-order valence-electron chi connectivity index (χ1n) is 5.36. The minimum Gasteiger partial charge on any atom is -0.346 e. The van der Waals surface area contributed by atoms with Gasteiger partial charge in [0.1, 0.15) is 4.64 Å². The Balaban J connectivity index is 2.58. The lowest BCUT2D eigenvalue weighted by Crippen LogP contribution is -1.92. The lowest BCUT2D eigenvalue weighted by molar-refractivity contribution is 1.11. The largest absolute Gasteiger partial charge is 0.346 e. The third kappa shape index (κ3) is 2.04. The van der Waals surface area contributed by atoms with Crippen LogP contribution in [0.5, 0.6) is 0 Å². The lowest BCUT2D eigenvalue weighted by Gasteiger charge is -2.07. The first-order chi connectivity index (χ1) is 7.72. The molecule has 0 aliphatic heterocycles. The van der Waals surface area contributed by atoms with E-state index in [1.165, 1.54) is 11.1 Å². The zero-order chi connectivity index (χ0) is 11.5. The van der Waals surface area contributed by atoms with Gasteiger partial charge in [-0.25, -0.2) is 4.98 Å². The fraction of sp³-hybridized carbons (Fsp3) is 0.231. The van der Waals surface area contributed by atoms with Crippen LogP contribution < -0.4 is 0 Å². The van der Waals surface area contributed by atoms with E-state index in [4.69, 9.17) is 12.2 Å². The van der Waals surface area contributed by atoms with Gasteiger partial charge in [-0.1, -0.05) is 37.3 Å². The molecule has 0 fully saturated rings. The molecule has 0 amide bonds. The van der Waals surface area contributed by atoms with Gasteiger partial charge in [-0.3, -0.25) is 0 Å². The number of hydrogen-bond donors (Lipinski definition) is 1. The number of hydrogen-bond acceptors (Lipinski definition) is 2.